The first-order valence-corrected chi connectivity index (χ1v) is 9.71. The summed E-state index contributed by atoms with van der Waals surface area (Å²) in [5.41, 5.74) is 3.27. The van der Waals surface area contributed by atoms with Crippen molar-refractivity contribution < 1.29 is 18.7 Å². The van der Waals surface area contributed by atoms with Crippen LogP contribution in [0.15, 0.2) is 53.7 Å². The van der Waals surface area contributed by atoms with Crippen LogP contribution in [0.2, 0.25) is 5.02 Å². The van der Waals surface area contributed by atoms with E-state index in [2.05, 4.69) is 10.6 Å². The lowest BCUT2D eigenvalue weighted by Gasteiger charge is -2.32. The van der Waals surface area contributed by atoms with Crippen molar-refractivity contribution in [3.8, 4) is 0 Å². The summed E-state index contributed by atoms with van der Waals surface area (Å²) >= 11 is 5.85. The second-order valence-electron chi connectivity index (χ2n) is 7.36. The van der Waals surface area contributed by atoms with Crippen LogP contribution in [0.1, 0.15) is 24.9 Å². The number of allylic oxidation sites excluding steroid dienone is 1. The lowest BCUT2D eigenvalue weighted by Crippen LogP contribution is -2.39. The van der Waals surface area contributed by atoms with Crippen LogP contribution in [0.5, 0.6) is 0 Å². The number of halogens is 2. The number of hydrogen-bond donors (Lipinski definition) is 2. The van der Waals surface area contributed by atoms with Crippen molar-refractivity contribution >= 4 is 34.7 Å². The zero-order valence-corrected chi connectivity index (χ0v) is 16.7. The quantitative estimate of drug-likeness (QED) is 0.550. The number of para-hydroxylation sites is 2. The topological polar surface area (TPSA) is 67.4 Å². The van der Waals surface area contributed by atoms with Crippen molar-refractivity contribution in [2.45, 2.75) is 19.4 Å². The Hall–Kier alpha value is -2.86. The number of carbonyl (C=O) groups excluding carboxylic acids is 2. The largest absolute Gasteiger partial charge is 0.468 e. The van der Waals surface area contributed by atoms with Gasteiger partial charge in [0.25, 0.3) is 0 Å². The van der Waals surface area contributed by atoms with Gasteiger partial charge in [-0.15, -0.1) is 0 Å². The van der Waals surface area contributed by atoms with Crippen molar-refractivity contribution in [3.63, 3.8) is 0 Å². The molecular formula is C22H20ClFN2O3. The molecule has 0 aromatic heterocycles. The zero-order chi connectivity index (χ0) is 20.7. The molecule has 3 unspecified atom stereocenters. The number of Topliss-reactive ketones (excluding diaryl/α,β-unsaturated/α-hetero) is 1. The molecule has 5 nitrogen and oxygen atoms in total. The number of anilines is 2. The van der Waals surface area contributed by atoms with E-state index in [4.69, 9.17) is 16.3 Å². The molecule has 7 heteroatoms. The number of ether oxygens (including phenoxy) is 1. The van der Waals surface area contributed by atoms with Crippen LogP contribution in [0.4, 0.5) is 15.8 Å². The molecule has 2 aromatic carbocycles. The van der Waals surface area contributed by atoms with Gasteiger partial charge in [-0.05, 0) is 42.2 Å². The highest BCUT2D eigenvalue weighted by atomic mass is 35.5. The molecule has 0 amide bonds. The third kappa shape index (κ3) is 3.38. The fraction of sp³-hybridized carbons (Fsp3) is 0.273. The Labute approximate surface area is 172 Å². The van der Waals surface area contributed by atoms with Gasteiger partial charge < -0.3 is 15.4 Å². The molecule has 1 heterocycles. The molecule has 4 rings (SSSR count). The highest BCUT2D eigenvalue weighted by Gasteiger charge is 2.44. The molecule has 2 aliphatic rings. The Bertz CT molecular complexity index is 1040. The Morgan fingerprint density at radius 1 is 1.21 bits per heavy atom. The predicted molar refractivity (Wildman–Crippen MR) is 109 cm³/mol. The summed E-state index contributed by atoms with van der Waals surface area (Å²) in [5.74, 6) is -2.58. The van der Waals surface area contributed by atoms with E-state index in [1.807, 2.05) is 31.2 Å². The minimum atomic E-state index is -0.900. The van der Waals surface area contributed by atoms with E-state index in [-0.39, 0.29) is 16.7 Å². The smallest absolute Gasteiger partial charge is 0.316 e. The Morgan fingerprint density at radius 3 is 2.62 bits per heavy atom. The van der Waals surface area contributed by atoms with Crippen molar-refractivity contribution in [1.29, 1.82) is 0 Å². The van der Waals surface area contributed by atoms with Gasteiger partial charge in [0.1, 0.15) is 11.7 Å². The van der Waals surface area contributed by atoms with Crippen LogP contribution in [0.25, 0.3) is 0 Å². The summed E-state index contributed by atoms with van der Waals surface area (Å²) in [4.78, 5) is 25.8. The number of rotatable bonds is 2. The third-order valence-electron chi connectivity index (χ3n) is 5.50. The van der Waals surface area contributed by atoms with Crippen molar-refractivity contribution in [2.24, 2.45) is 11.8 Å². The first-order chi connectivity index (χ1) is 13.9. The fourth-order valence-corrected chi connectivity index (χ4v) is 4.19. The highest BCUT2D eigenvalue weighted by molar-refractivity contribution is 6.30. The summed E-state index contributed by atoms with van der Waals surface area (Å²) in [6.07, 6.45) is 0.490. The monoisotopic (exact) mass is 414 g/mol. The van der Waals surface area contributed by atoms with E-state index in [1.54, 1.807) is 6.07 Å². The molecule has 1 aliphatic heterocycles. The van der Waals surface area contributed by atoms with Crippen LogP contribution < -0.4 is 10.6 Å². The minimum absolute atomic E-state index is 0.00568. The number of hydrogen-bond acceptors (Lipinski definition) is 5. The molecule has 1 aliphatic carbocycles. The molecule has 0 saturated carbocycles. The maximum absolute atomic E-state index is 14.2. The maximum atomic E-state index is 14.2. The van der Waals surface area contributed by atoms with Gasteiger partial charge in [-0.25, -0.2) is 4.39 Å². The number of benzene rings is 2. The van der Waals surface area contributed by atoms with E-state index < -0.39 is 23.7 Å². The van der Waals surface area contributed by atoms with E-state index in [9.17, 15) is 14.0 Å². The van der Waals surface area contributed by atoms with E-state index in [0.29, 0.717) is 17.6 Å². The number of esters is 1. The van der Waals surface area contributed by atoms with Crippen LogP contribution in [0, 0.1) is 17.7 Å². The van der Waals surface area contributed by atoms with Gasteiger partial charge in [0.2, 0.25) is 0 Å². The number of nitrogens with one attached hydrogen (secondary N) is 2. The lowest BCUT2D eigenvalue weighted by atomic mass is 9.75. The maximum Gasteiger partial charge on any atom is 0.316 e. The normalized spacial score (nSPS) is 23.3. The van der Waals surface area contributed by atoms with Gasteiger partial charge in [-0.1, -0.05) is 36.7 Å². The number of ketones is 1. The van der Waals surface area contributed by atoms with Crippen LogP contribution in [0.3, 0.4) is 0 Å². The summed E-state index contributed by atoms with van der Waals surface area (Å²) in [6.45, 7) is 1.85. The molecule has 3 atom stereocenters. The third-order valence-corrected chi connectivity index (χ3v) is 5.81. The predicted octanol–water partition coefficient (Wildman–Crippen LogP) is 4.71. The standard InChI is InChI=1S/C22H20ClFN2O3/c1-11-9-17-19(21(27)18(11)22(28)29-2)20(12-7-8-13(23)14(24)10-12)26-16-6-4-3-5-15(16)25-17/h3-8,10-11,18,20,25-26H,9H2,1-2H3. The summed E-state index contributed by atoms with van der Waals surface area (Å²) in [6, 6.07) is 11.4. The molecule has 29 heavy (non-hydrogen) atoms. The molecule has 0 bridgehead atoms. The SMILES string of the molecule is COC(=O)C1C(=O)C2=C(CC1C)Nc1ccccc1NC2c1ccc(Cl)c(F)c1. The first-order valence-electron chi connectivity index (χ1n) is 9.33. The lowest BCUT2D eigenvalue weighted by molar-refractivity contribution is -0.151. The second kappa shape index (κ2) is 7.52. The van der Waals surface area contributed by atoms with Crippen molar-refractivity contribution in [1.82, 2.24) is 0 Å². The summed E-state index contributed by atoms with van der Waals surface area (Å²) in [5, 5.41) is 6.70. The van der Waals surface area contributed by atoms with Crippen LogP contribution in [-0.2, 0) is 14.3 Å². The first kappa shape index (κ1) is 19.5. The fourth-order valence-electron chi connectivity index (χ4n) is 4.08. The van der Waals surface area contributed by atoms with Gasteiger partial charge in [0.15, 0.2) is 5.78 Å². The van der Waals surface area contributed by atoms with Crippen LogP contribution >= 0.6 is 11.6 Å². The van der Waals surface area contributed by atoms with E-state index >= 15 is 0 Å². The molecule has 0 fully saturated rings. The zero-order valence-electron chi connectivity index (χ0n) is 16.0. The van der Waals surface area contributed by atoms with Gasteiger partial charge in [-0.2, -0.15) is 0 Å². The number of fused-ring (bicyclic) bond motifs is 1. The van der Waals surface area contributed by atoms with Gasteiger partial charge in [0.05, 0.1) is 29.5 Å². The average molecular weight is 415 g/mol. The minimum Gasteiger partial charge on any atom is -0.468 e. The molecular weight excluding hydrogens is 395 g/mol. The number of methoxy groups -OCH3 is 1. The molecule has 2 N–H and O–H groups in total. The van der Waals surface area contributed by atoms with Crippen LogP contribution in [-0.4, -0.2) is 18.9 Å². The molecule has 150 valence electrons. The molecule has 0 spiro atoms. The molecule has 0 saturated heterocycles. The Kier molecular flexibility index (Phi) is 5.04. The van der Waals surface area contributed by atoms with E-state index in [0.717, 1.165) is 17.1 Å². The van der Waals surface area contributed by atoms with E-state index in [1.165, 1.54) is 19.2 Å². The van der Waals surface area contributed by atoms with Crippen molar-refractivity contribution in [3.05, 3.63) is 70.1 Å². The summed E-state index contributed by atoms with van der Waals surface area (Å²) in [7, 11) is 1.28. The number of carbonyl (C=O) groups is 2. The Balaban J connectivity index is 1.89. The highest BCUT2D eigenvalue weighted by Crippen LogP contribution is 2.44. The molecule has 0 radical (unpaired) electrons. The van der Waals surface area contributed by atoms with Gasteiger partial charge in [0, 0.05) is 11.3 Å². The van der Waals surface area contributed by atoms with Gasteiger partial charge >= 0.3 is 5.97 Å². The van der Waals surface area contributed by atoms with Gasteiger partial charge in [-0.3, -0.25) is 9.59 Å². The summed E-state index contributed by atoms with van der Waals surface area (Å²) < 4.78 is 19.1. The Morgan fingerprint density at radius 2 is 1.93 bits per heavy atom. The average Bonchev–Trinajstić information content (AvgIpc) is 2.86. The van der Waals surface area contributed by atoms with Crippen molar-refractivity contribution in [2.75, 3.05) is 17.7 Å². The molecule has 2 aromatic rings. The second-order valence-corrected chi connectivity index (χ2v) is 7.77.